The summed E-state index contributed by atoms with van der Waals surface area (Å²) in [5.74, 6) is -0.311. The molecule has 0 aliphatic heterocycles. The molecule has 2 aromatic rings. The van der Waals surface area contributed by atoms with E-state index >= 15 is 0 Å². The van der Waals surface area contributed by atoms with E-state index in [-0.39, 0.29) is 5.82 Å². The summed E-state index contributed by atoms with van der Waals surface area (Å²) >= 11 is 3.13. The van der Waals surface area contributed by atoms with Gasteiger partial charge in [0.25, 0.3) is 0 Å². The second-order valence-corrected chi connectivity index (χ2v) is 4.76. The van der Waals surface area contributed by atoms with Crippen LogP contribution in [-0.2, 0) is 0 Å². The Kier molecular flexibility index (Phi) is 3.87. The standard InChI is InChI=1S/C14H14BrFN2/c1-2-18(10-6-4-3-5-7-10)14-9-12(16)11(15)8-13(14)17/h3-9H,2,17H2,1H3. The lowest BCUT2D eigenvalue weighted by Gasteiger charge is -2.25. The number of nitrogens with two attached hydrogens (primary N) is 1. The third kappa shape index (κ3) is 2.48. The van der Waals surface area contributed by atoms with Gasteiger partial charge in [0.05, 0.1) is 15.8 Å². The van der Waals surface area contributed by atoms with Crippen LogP contribution in [0, 0.1) is 5.82 Å². The van der Waals surface area contributed by atoms with Crippen LogP contribution in [0.3, 0.4) is 0 Å². The Morgan fingerprint density at radius 2 is 1.89 bits per heavy atom. The van der Waals surface area contributed by atoms with Gasteiger partial charge in [0.15, 0.2) is 0 Å². The summed E-state index contributed by atoms with van der Waals surface area (Å²) in [5.41, 5.74) is 8.19. The van der Waals surface area contributed by atoms with Crippen molar-refractivity contribution in [3.05, 3.63) is 52.8 Å². The molecule has 0 aliphatic rings. The van der Waals surface area contributed by atoms with E-state index in [9.17, 15) is 4.39 Å². The van der Waals surface area contributed by atoms with Gasteiger partial charge in [-0.05, 0) is 41.1 Å². The minimum atomic E-state index is -0.311. The van der Waals surface area contributed by atoms with Gasteiger partial charge in [-0.3, -0.25) is 0 Å². The molecule has 2 rings (SSSR count). The molecular weight excluding hydrogens is 295 g/mol. The van der Waals surface area contributed by atoms with Crippen LogP contribution < -0.4 is 10.6 Å². The van der Waals surface area contributed by atoms with Crippen LogP contribution in [0.5, 0.6) is 0 Å². The van der Waals surface area contributed by atoms with Crippen molar-refractivity contribution < 1.29 is 4.39 Å². The van der Waals surface area contributed by atoms with Crippen molar-refractivity contribution in [2.45, 2.75) is 6.92 Å². The molecule has 0 aromatic heterocycles. The van der Waals surface area contributed by atoms with E-state index in [1.165, 1.54) is 6.07 Å². The van der Waals surface area contributed by atoms with Gasteiger partial charge in [0.2, 0.25) is 0 Å². The SMILES string of the molecule is CCN(c1ccccc1)c1cc(F)c(Br)cc1N. The minimum Gasteiger partial charge on any atom is -0.397 e. The van der Waals surface area contributed by atoms with Crippen LogP contribution >= 0.6 is 15.9 Å². The second kappa shape index (κ2) is 5.40. The van der Waals surface area contributed by atoms with Crippen molar-refractivity contribution in [2.24, 2.45) is 0 Å². The van der Waals surface area contributed by atoms with Crippen molar-refractivity contribution in [2.75, 3.05) is 17.2 Å². The third-order valence-corrected chi connectivity index (χ3v) is 3.35. The monoisotopic (exact) mass is 308 g/mol. The van der Waals surface area contributed by atoms with Crippen molar-refractivity contribution in [3.8, 4) is 0 Å². The van der Waals surface area contributed by atoms with Crippen molar-refractivity contribution in [3.63, 3.8) is 0 Å². The number of halogens is 2. The maximum atomic E-state index is 13.6. The Labute approximate surface area is 114 Å². The fourth-order valence-electron chi connectivity index (χ4n) is 1.89. The predicted octanol–water partition coefficient (Wildman–Crippen LogP) is 4.33. The molecule has 0 aliphatic carbocycles. The Morgan fingerprint density at radius 1 is 1.22 bits per heavy atom. The smallest absolute Gasteiger partial charge is 0.139 e. The largest absolute Gasteiger partial charge is 0.397 e. The molecule has 2 nitrogen and oxygen atoms in total. The van der Waals surface area contributed by atoms with Gasteiger partial charge in [0.1, 0.15) is 5.82 Å². The van der Waals surface area contributed by atoms with Gasteiger partial charge in [0, 0.05) is 18.3 Å². The number of nitrogen functional groups attached to an aromatic ring is 1. The fraction of sp³-hybridized carbons (Fsp3) is 0.143. The lowest BCUT2D eigenvalue weighted by atomic mass is 10.2. The summed E-state index contributed by atoms with van der Waals surface area (Å²) in [7, 11) is 0. The van der Waals surface area contributed by atoms with E-state index < -0.39 is 0 Å². The lowest BCUT2D eigenvalue weighted by molar-refractivity contribution is 0.621. The van der Waals surface area contributed by atoms with Gasteiger partial charge >= 0.3 is 0 Å². The summed E-state index contributed by atoms with van der Waals surface area (Å²) in [5, 5.41) is 0. The van der Waals surface area contributed by atoms with Gasteiger partial charge in [-0.2, -0.15) is 0 Å². The number of para-hydroxylation sites is 1. The van der Waals surface area contributed by atoms with Crippen LogP contribution in [0.25, 0.3) is 0 Å². The molecule has 0 heterocycles. The highest BCUT2D eigenvalue weighted by Gasteiger charge is 2.13. The van der Waals surface area contributed by atoms with Crippen LogP contribution in [0.1, 0.15) is 6.92 Å². The van der Waals surface area contributed by atoms with E-state index in [0.717, 1.165) is 12.2 Å². The average Bonchev–Trinajstić information content (AvgIpc) is 2.38. The maximum Gasteiger partial charge on any atom is 0.139 e. The van der Waals surface area contributed by atoms with E-state index in [4.69, 9.17) is 5.73 Å². The number of anilines is 3. The van der Waals surface area contributed by atoms with Crippen LogP contribution in [-0.4, -0.2) is 6.54 Å². The lowest BCUT2D eigenvalue weighted by Crippen LogP contribution is -2.17. The molecule has 0 saturated carbocycles. The highest BCUT2D eigenvalue weighted by atomic mass is 79.9. The number of nitrogens with zero attached hydrogens (tertiary/aromatic N) is 1. The van der Waals surface area contributed by atoms with Crippen molar-refractivity contribution in [1.82, 2.24) is 0 Å². The number of rotatable bonds is 3. The molecule has 0 fully saturated rings. The summed E-state index contributed by atoms with van der Waals surface area (Å²) in [6, 6.07) is 12.8. The molecule has 0 amide bonds. The van der Waals surface area contributed by atoms with Gasteiger partial charge in [-0.25, -0.2) is 4.39 Å². The zero-order chi connectivity index (χ0) is 13.1. The number of hydrogen-bond acceptors (Lipinski definition) is 2. The molecular formula is C14H14BrFN2. The molecule has 0 radical (unpaired) electrons. The molecule has 2 N–H and O–H groups in total. The fourth-order valence-corrected chi connectivity index (χ4v) is 2.25. The van der Waals surface area contributed by atoms with Crippen molar-refractivity contribution in [1.29, 1.82) is 0 Å². The van der Waals surface area contributed by atoms with Gasteiger partial charge in [-0.1, -0.05) is 18.2 Å². The molecule has 94 valence electrons. The summed E-state index contributed by atoms with van der Waals surface area (Å²) in [4.78, 5) is 1.98. The zero-order valence-corrected chi connectivity index (χ0v) is 11.6. The second-order valence-electron chi connectivity index (χ2n) is 3.90. The topological polar surface area (TPSA) is 29.3 Å². The minimum absolute atomic E-state index is 0.311. The Bertz CT molecular complexity index is 543. The maximum absolute atomic E-state index is 13.6. The molecule has 0 atom stereocenters. The van der Waals surface area contributed by atoms with Crippen LogP contribution in [0.15, 0.2) is 46.9 Å². The Morgan fingerprint density at radius 3 is 2.50 bits per heavy atom. The molecule has 0 spiro atoms. The first kappa shape index (κ1) is 12.9. The summed E-state index contributed by atoms with van der Waals surface area (Å²) < 4.78 is 14.0. The van der Waals surface area contributed by atoms with Crippen molar-refractivity contribution >= 4 is 33.0 Å². The quantitative estimate of drug-likeness (QED) is 0.855. The molecule has 0 bridgehead atoms. The molecule has 0 saturated heterocycles. The van der Waals surface area contributed by atoms with E-state index in [0.29, 0.717) is 15.8 Å². The Balaban J connectivity index is 2.49. The normalized spacial score (nSPS) is 10.4. The van der Waals surface area contributed by atoms with Crippen LogP contribution in [0.2, 0.25) is 0 Å². The summed E-state index contributed by atoms with van der Waals surface area (Å²) in [6.07, 6.45) is 0. The average molecular weight is 309 g/mol. The zero-order valence-electron chi connectivity index (χ0n) is 10.0. The number of hydrogen-bond donors (Lipinski definition) is 1. The first-order chi connectivity index (χ1) is 8.63. The van der Waals surface area contributed by atoms with Gasteiger partial charge in [-0.15, -0.1) is 0 Å². The predicted molar refractivity (Wildman–Crippen MR) is 77.6 cm³/mol. The third-order valence-electron chi connectivity index (χ3n) is 2.74. The highest BCUT2D eigenvalue weighted by molar-refractivity contribution is 9.10. The van der Waals surface area contributed by atoms with E-state index in [1.54, 1.807) is 6.07 Å². The number of benzene rings is 2. The molecule has 2 aromatic carbocycles. The Hall–Kier alpha value is -1.55. The molecule has 0 unspecified atom stereocenters. The van der Waals surface area contributed by atoms with Crippen LogP contribution in [0.4, 0.5) is 21.5 Å². The first-order valence-corrected chi connectivity index (χ1v) is 6.50. The molecule has 18 heavy (non-hydrogen) atoms. The van der Waals surface area contributed by atoms with E-state index in [2.05, 4.69) is 15.9 Å². The first-order valence-electron chi connectivity index (χ1n) is 5.70. The molecule has 4 heteroatoms. The highest BCUT2D eigenvalue weighted by Crippen LogP contribution is 2.33. The van der Waals surface area contributed by atoms with Gasteiger partial charge < -0.3 is 10.6 Å². The summed E-state index contributed by atoms with van der Waals surface area (Å²) in [6.45, 7) is 2.72. The van der Waals surface area contributed by atoms with E-state index in [1.807, 2.05) is 42.2 Å².